The summed E-state index contributed by atoms with van der Waals surface area (Å²) in [5.41, 5.74) is 0.455. The van der Waals surface area contributed by atoms with Gasteiger partial charge in [-0.3, -0.25) is 4.79 Å². The number of carbonyl (C=O) groups is 1. The second-order valence-corrected chi connectivity index (χ2v) is 6.90. The van der Waals surface area contributed by atoms with E-state index in [2.05, 4.69) is 15.4 Å². The van der Waals surface area contributed by atoms with Crippen molar-refractivity contribution in [2.75, 3.05) is 13.1 Å². The molecule has 3 heterocycles. The maximum absolute atomic E-state index is 13.9. The molecule has 2 aromatic heterocycles. The number of halogens is 1. The molecule has 1 atom stereocenters. The van der Waals surface area contributed by atoms with E-state index in [9.17, 15) is 9.18 Å². The van der Waals surface area contributed by atoms with Gasteiger partial charge < -0.3 is 9.42 Å². The Morgan fingerprint density at radius 2 is 2.16 bits per heavy atom. The molecular weight excluding hydrogens is 343 g/mol. The molecule has 0 radical (unpaired) electrons. The minimum Gasteiger partial charge on any atom is -0.351 e. The first-order valence-electron chi connectivity index (χ1n) is 8.00. The Labute approximate surface area is 147 Å². The van der Waals surface area contributed by atoms with Crippen molar-refractivity contribution in [1.29, 1.82) is 0 Å². The smallest absolute Gasteiger partial charge is 0.292 e. The van der Waals surface area contributed by atoms with Crippen LogP contribution in [0.5, 0.6) is 0 Å². The van der Waals surface area contributed by atoms with Gasteiger partial charge in [0.05, 0.1) is 6.20 Å². The number of piperidine rings is 1. The zero-order valence-electron chi connectivity index (χ0n) is 13.3. The zero-order valence-corrected chi connectivity index (χ0v) is 14.1. The van der Waals surface area contributed by atoms with Crippen LogP contribution < -0.4 is 0 Å². The molecular formula is C17H15FN4O2S. The number of hydrogen-bond acceptors (Lipinski definition) is 6. The molecule has 0 spiro atoms. The standard InChI is InChI=1S/C17H15FN4O2S/c18-13-6-2-1-5-12(13)16-21-20-15(25-16)11-4-3-9-22(10-11)17(23)14-7-8-19-24-14/h1-2,5-8,11H,3-4,9-10H2. The molecule has 1 amide bonds. The van der Waals surface area contributed by atoms with Gasteiger partial charge in [0.1, 0.15) is 10.8 Å². The Balaban J connectivity index is 1.52. The summed E-state index contributed by atoms with van der Waals surface area (Å²) < 4.78 is 18.9. The summed E-state index contributed by atoms with van der Waals surface area (Å²) in [7, 11) is 0. The molecule has 3 aromatic rings. The quantitative estimate of drug-likeness (QED) is 0.718. The summed E-state index contributed by atoms with van der Waals surface area (Å²) in [5.74, 6) is -0.138. The number of hydrogen-bond donors (Lipinski definition) is 0. The van der Waals surface area contributed by atoms with Gasteiger partial charge in [0.15, 0.2) is 5.01 Å². The van der Waals surface area contributed by atoms with Gasteiger partial charge in [0, 0.05) is 30.6 Å². The Morgan fingerprint density at radius 3 is 2.96 bits per heavy atom. The number of amides is 1. The van der Waals surface area contributed by atoms with E-state index in [1.54, 1.807) is 29.2 Å². The summed E-state index contributed by atoms with van der Waals surface area (Å²) in [6.45, 7) is 1.22. The summed E-state index contributed by atoms with van der Waals surface area (Å²) >= 11 is 1.38. The van der Waals surface area contributed by atoms with Gasteiger partial charge in [0.2, 0.25) is 5.76 Å². The molecule has 6 nitrogen and oxygen atoms in total. The van der Waals surface area contributed by atoms with Crippen molar-refractivity contribution in [1.82, 2.24) is 20.3 Å². The highest BCUT2D eigenvalue weighted by atomic mass is 32.1. The van der Waals surface area contributed by atoms with Gasteiger partial charge in [-0.05, 0) is 25.0 Å². The van der Waals surface area contributed by atoms with E-state index < -0.39 is 0 Å². The van der Waals surface area contributed by atoms with Crippen molar-refractivity contribution in [3.63, 3.8) is 0 Å². The number of rotatable bonds is 3. The molecule has 0 saturated carbocycles. The first kappa shape index (κ1) is 15.9. The molecule has 8 heteroatoms. The molecule has 0 N–H and O–H groups in total. The largest absolute Gasteiger partial charge is 0.351 e. The number of aromatic nitrogens is 3. The van der Waals surface area contributed by atoms with Crippen LogP contribution in [0.25, 0.3) is 10.6 Å². The van der Waals surface area contributed by atoms with Crippen molar-refractivity contribution < 1.29 is 13.7 Å². The second-order valence-electron chi connectivity index (χ2n) is 5.89. The van der Waals surface area contributed by atoms with Gasteiger partial charge in [-0.15, -0.1) is 10.2 Å². The molecule has 0 bridgehead atoms. The highest BCUT2D eigenvalue weighted by Crippen LogP contribution is 2.33. The second kappa shape index (κ2) is 6.72. The van der Waals surface area contributed by atoms with Crippen molar-refractivity contribution in [2.24, 2.45) is 0 Å². The van der Waals surface area contributed by atoms with Crippen LogP contribution in [0.4, 0.5) is 4.39 Å². The molecule has 0 aliphatic carbocycles. The van der Waals surface area contributed by atoms with Crippen LogP contribution >= 0.6 is 11.3 Å². The number of carbonyl (C=O) groups excluding carboxylic acids is 1. The molecule has 1 aliphatic heterocycles. The summed E-state index contributed by atoms with van der Waals surface area (Å²) in [6.07, 6.45) is 3.26. The lowest BCUT2D eigenvalue weighted by Gasteiger charge is -2.30. The highest BCUT2D eigenvalue weighted by molar-refractivity contribution is 7.14. The van der Waals surface area contributed by atoms with Crippen LogP contribution in [-0.2, 0) is 0 Å². The summed E-state index contributed by atoms with van der Waals surface area (Å²) in [4.78, 5) is 14.2. The molecule has 1 aromatic carbocycles. The fourth-order valence-corrected chi connectivity index (χ4v) is 3.98. The van der Waals surface area contributed by atoms with Crippen LogP contribution in [0.2, 0.25) is 0 Å². The minimum atomic E-state index is -0.309. The number of benzene rings is 1. The predicted molar refractivity (Wildman–Crippen MR) is 89.7 cm³/mol. The third-order valence-electron chi connectivity index (χ3n) is 4.25. The maximum Gasteiger partial charge on any atom is 0.292 e. The van der Waals surface area contributed by atoms with Crippen LogP contribution in [-0.4, -0.2) is 39.3 Å². The number of likely N-dealkylation sites (tertiary alicyclic amines) is 1. The van der Waals surface area contributed by atoms with Gasteiger partial charge in [-0.25, -0.2) is 4.39 Å². The van der Waals surface area contributed by atoms with Crippen molar-refractivity contribution in [3.8, 4) is 10.6 Å². The molecule has 128 valence electrons. The van der Waals surface area contributed by atoms with Crippen molar-refractivity contribution >= 4 is 17.2 Å². The Kier molecular flexibility index (Phi) is 4.27. The monoisotopic (exact) mass is 358 g/mol. The van der Waals surface area contributed by atoms with Gasteiger partial charge >= 0.3 is 0 Å². The highest BCUT2D eigenvalue weighted by Gasteiger charge is 2.29. The number of nitrogens with zero attached hydrogens (tertiary/aromatic N) is 4. The van der Waals surface area contributed by atoms with E-state index in [0.29, 0.717) is 23.7 Å². The molecule has 1 fully saturated rings. The molecule has 1 aliphatic rings. The van der Waals surface area contributed by atoms with E-state index in [4.69, 9.17) is 4.52 Å². The lowest BCUT2D eigenvalue weighted by molar-refractivity contribution is 0.0665. The van der Waals surface area contributed by atoms with Crippen molar-refractivity contribution in [3.05, 3.63) is 53.1 Å². The van der Waals surface area contributed by atoms with E-state index >= 15 is 0 Å². The molecule has 1 saturated heterocycles. The topological polar surface area (TPSA) is 72.1 Å². The Bertz CT molecular complexity index is 880. The van der Waals surface area contributed by atoms with Crippen molar-refractivity contribution in [2.45, 2.75) is 18.8 Å². The van der Waals surface area contributed by atoms with E-state index in [1.165, 1.54) is 23.6 Å². The summed E-state index contributed by atoms with van der Waals surface area (Å²) in [6, 6.07) is 8.09. The predicted octanol–water partition coefficient (Wildman–Crippen LogP) is 3.35. The SMILES string of the molecule is O=C(c1ccno1)N1CCCC(c2nnc(-c3ccccc3F)s2)C1. The Morgan fingerprint density at radius 1 is 1.28 bits per heavy atom. The van der Waals surface area contributed by atoms with E-state index in [1.807, 2.05) is 0 Å². The summed E-state index contributed by atoms with van der Waals surface area (Å²) in [5, 5.41) is 13.4. The third kappa shape index (κ3) is 3.17. The first-order chi connectivity index (χ1) is 12.2. The zero-order chi connectivity index (χ0) is 17.2. The van der Waals surface area contributed by atoms with E-state index in [0.717, 1.165) is 17.8 Å². The lowest BCUT2D eigenvalue weighted by atomic mass is 9.98. The lowest BCUT2D eigenvalue weighted by Crippen LogP contribution is -2.38. The minimum absolute atomic E-state index is 0.0960. The third-order valence-corrected chi connectivity index (χ3v) is 5.37. The average Bonchev–Trinajstić information content (AvgIpc) is 3.34. The van der Waals surface area contributed by atoms with Crippen LogP contribution in [0, 0.1) is 5.82 Å². The average molecular weight is 358 g/mol. The maximum atomic E-state index is 13.9. The first-order valence-corrected chi connectivity index (χ1v) is 8.82. The molecule has 1 unspecified atom stereocenters. The fraction of sp³-hybridized carbons (Fsp3) is 0.294. The normalized spacial score (nSPS) is 17.6. The van der Waals surface area contributed by atoms with Crippen LogP contribution in [0.3, 0.4) is 0 Å². The van der Waals surface area contributed by atoms with Gasteiger partial charge in [-0.2, -0.15) is 0 Å². The molecule has 4 rings (SSSR count). The van der Waals surface area contributed by atoms with E-state index in [-0.39, 0.29) is 23.4 Å². The van der Waals surface area contributed by atoms with Crippen LogP contribution in [0.1, 0.15) is 34.3 Å². The van der Waals surface area contributed by atoms with Crippen LogP contribution in [0.15, 0.2) is 41.1 Å². The van der Waals surface area contributed by atoms with Gasteiger partial charge in [0.25, 0.3) is 5.91 Å². The molecule has 25 heavy (non-hydrogen) atoms. The Hall–Kier alpha value is -2.61. The fourth-order valence-electron chi connectivity index (χ4n) is 2.99. The van der Waals surface area contributed by atoms with Gasteiger partial charge in [-0.1, -0.05) is 28.6 Å².